The van der Waals surface area contributed by atoms with E-state index in [4.69, 9.17) is 16.7 Å². The maximum absolute atomic E-state index is 11.1. The first-order valence-electron chi connectivity index (χ1n) is 5.37. The molecule has 0 atom stereocenters. The zero-order chi connectivity index (χ0) is 11.7. The van der Waals surface area contributed by atoms with Gasteiger partial charge in [-0.3, -0.25) is 0 Å². The molecule has 2 rings (SSSR count). The zero-order valence-corrected chi connectivity index (χ0v) is 9.79. The third-order valence-electron chi connectivity index (χ3n) is 2.98. The van der Waals surface area contributed by atoms with Crippen LogP contribution in [0, 0.1) is 6.92 Å². The topological polar surface area (TPSA) is 63.1 Å². The number of halogens is 1. The summed E-state index contributed by atoms with van der Waals surface area (Å²) in [5, 5.41) is 9.43. The van der Waals surface area contributed by atoms with Gasteiger partial charge in [0, 0.05) is 5.56 Å². The van der Waals surface area contributed by atoms with Gasteiger partial charge < -0.3 is 5.11 Å². The maximum atomic E-state index is 11.1. The summed E-state index contributed by atoms with van der Waals surface area (Å²) in [6, 6.07) is 0. The van der Waals surface area contributed by atoms with Crippen LogP contribution in [0.25, 0.3) is 0 Å². The molecule has 16 heavy (non-hydrogen) atoms. The number of aryl methyl sites for hydroxylation is 1. The fourth-order valence-corrected chi connectivity index (χ4v) is 2.65. The van der Waals surface area contributed by atoms with Crippen LogP contribution in [0.15, 0.2) is 0 Å². The number of aromatic nitrogens is 2. The van der Waals surface area contributed by atoms with Gasteiger partial charge in [0.25, 0.3) is 0 Å². The SMILES string of the molecule is Cc1nc(Cl)c(C2CCCC2)c(C(=O)O)n1. The highest BCUT2D eigenvalue weighted by molar-refractivity contribution is 6.30. The van der Waals surface area contributed by atoms with Crippen LogP contribution < -0.4 is 0 Å². The number of aromatic carboxylic acids is 1. The van der Waals surface area contributed by atoms with Crippen molar-refractivity contribution in [3.05, 3.63) is 22.2 Å². The molecule has 4 nitrogen and oxygen atoms in total. The van der Waals surface area contributed by atoms with E-state index < -0.39 is 5.97 Å². The second kappa shape index (κ2) is 4.37. The molecule has 0 spiro atoms. The molecule has 0 amide bonds. The van der Waals surface area contributed by atoms with Gasteiger partial charge in [0.1, 0.15) is 11.0 Å². The van der Waals surface area contributed by atoms with Gasteiger partial charge in [0.15, 0.2) is 5.69 Å². The van der Waals surface area contributed by atoms with Crippen LogP contribution in [0.2, 0.25) is 5.15 Å². The van der Waals surface area contributed by atoms with E-state index in [2.05, 4.69) is 9.97 Å². The van der Waals surface area contributed by atoms with Crippen LogP contribution in [0.4, 0.5) is 0 Å². The van der Waals surface area contributed by atoms with Gasteiger partial charge in [-0.05, 0) is 25.7 Å². The van der Waals surface area contributed by atoms with Gasteiger partial charge in [-0.2, -0.15) is 0 Å². The standard InChI is InChI=1S/C11H13ClN2O2/c1-6-13-9(11(15)16)8(10(12)14-6)7-4-2-3-5-7/h7H,2-5H2,1H3,(H,15,16). The lowest BCUT2D eigenvalue weighted by Crippen LogP contribution is -2.12. The number of rotatable bonds is 2. The van der Waals surface area contributed by atoms with Gasteiger partial charge in [0.05, 0.1) is 0 Å². The van der Waals surface area contributed by atoms with Crippen molar-refractivity contribution in [3.8, 4) is 0 Å². The molecule has 1 saturated carbocycles. The van der Waals surface area contributed by atoms with Gasteiger partial charge in [0.2, 0.25) is 0 Å². The van der Waals surface area contributed by atoms with E-state index in [1.807, 2.05) is 0 Å². The van der Waals surface area contributed by atoms with E-state index in [-0.39, 0.29) is 11.6 Å². The first kappa shape index (κ1) is 11.3. The lowest BCUT2D eigenvalue weighted by atomic mass is 9.97. The number of hydrogen-bond donors (Lipinski definition) is 1. The summed E-state index contributed by atoms with van der Waals surface area (Å²) >= 11 is 6.04. The predicted molar refractivity (Wildman–Crippen MR) is 59.9 cm³/mol. The summed E-state index contributed by atoms with van der Waals surface area (Å²) in [6.07, 6.45) is 4.20. The molecule has 1 aromatic rings. The zero-order valence-electron chi connectivity index (χ0n) is 9.03. The Labute approximate surface area is 98.7 Å². The number of hydrogen-bond acceptors (Lipinski definition) is 3. The van der Waals surface area contributed by atoms with Gasteiger partial charge in [-0.15, -0.1) is 0 Å². The average Bonchev–Trinajstić information content (AvgIpc) is 2.69. The largest absolute Gasteiger partial charge is 0.476 e. The fraction of sp³-hybridized carbons (Fsp3) is 0.545. The quantitative estimate of drug-likeness (QED) is 0.808. The third kappa shape index (κ3) is 2.02. The summed E-state index contributed by atoms with van der Waals surface area (Å²) < 4.78 is 0. The minimum Gasteiger partial charge on any atom is -0.476 e. The van der Waals surface area contributed by atoms with Crippen LogP contribution in [-0.4, -0.2) is 21.0 Å². The minimum atomic E-state index is -1.02. The van der Waals surface area contributed by atoms with Crippen molar-refractivity contribution in [2.24, 2.45) is 0 Å². The Morgan fingerprint density at radius 2 is 2.00 bits per heavy atom. The van der Waals surface area contributed by atoms with E-state index in [0.29, 0.717) is 16.5 Å². The number of nitrogens with zero attached hydrogens (tertiary/aromatic N) is 2. The maximum Gasteiger partial charge on any atom is 0.354 e. The summed E-state index contributed by atoms with van der Waals surface area (Å²) in [5.74, 6) is -0.405. The lowest BCUT2D eigenvalue weighted by molar-refractivity contribution is 0.0688. The third-order valence-corrected chi connectivity index (χ3v) is 3.27. The molecule has 1 fully saturated rings. The molecule has 5 heteroatoms. The second-order valence-corrected chi connectivity index (χ2v) is 4.47. The summed E-state index contributed by atoms with van der Waals surface area (Å²) in [4.78, 5) is 19.2. The van der Waals surface area contributed by atoms with E-state index in [0.717, 1.165) is 25.7 Å². The van der Waals surface area contributed by atoms with Crippen molar-refractivity contribution in [1.82, 2.24) is 9.97 Å². The normalized spacial score (nSPS) is 16.6. The fourth-order valence-electron chi connectivity index (χ4n) is 2.29. The Hall–Kier alpha value is -1.16. The molecule has 1 heterocycles. The smallest absolute Gasteiger partial charge is 0.354 e. The predicted octanol–water partition coefficient (Wildman–Crippen LogP) is 2.79. The monoisotopic (exact) mass is 240 g/mol. The Morgan fingerprint density at radius 3 is 2.56 bits per heavy atom. The second-order valence-electron chi connectivity index (χ2n) is 4.11. The van der Waals surface area contributed by atoms with Gasteiger partial charge in [-0.25, -0.2) is 14.8 Å². The molecular weight excluding hydrogens is 228 g/mol. The van der Waals surface area contributed by atoms with E-state index in [9.17, 15) is 4.79 Å². The molecule has 1 N–H and O–H groups in total. The minimum absolute atomic E-state index is 0.0735. The number of carbonyl (C=O) groups is 1. The summed E-state index contributed by atoms with van der Waals surface area (Å²) in [5.41, 5.74) is 0.696. The van der Waals surface area contributed by atoms with E-state index in [1.165, 1.54) is 0 Å². The molecule has 1 aromatic heterocycles. The van der Waals surface area contributed by atoms with Crippen LogP contribution in [0.1, 0.15) is 53.5 Å². The summed E-state index contributed by atoms with van der Waals surface area (Å²) in [6.45, 7) is 1.65. The van der Waals surface area contributed by atoms with Crippen molar-refractivity contribution < 1.29 is 9.90 Å². The molecule has 1 aliphatic rings. The molecule has 0 unspecified atom stereocenters. The Kier molecular flexibility index (Phi) is 3.10. The van der Waals surface area contributed by atoms with Crippen molar-refractivity contribution >= 4 is 17.6 Å². The molecule has 0 saturated heterocycles. The molecule has 0 radical (unpaired) electrons. The average molecular weight is 241 g/mol. The number of carboxylic acid groups (broad SMARTS) is 1. The Bertz CT molecular complexity index is 428. The van der Waals surface area contributed by atoms with E-state index in [1.54, 1.807) is 6.92 Å². The first-order valence-corrected chi connectivity index (χ1v) is 5.74. The van der Waals surface area contributed by atoms with Crippen molar-refractivity contribution in [1.29, 1.82) is 0 Å². The highest BCUT2D eigenvalue weighted by Crippen LogP contribution is 2.38. The highest BCUT2D eigenvalue weighted by atomic mass is 35.5. The van der Waals surface area contributed by atoms with E-state index >= 15 is 0 Å². The molecule has 0 aliphatic heterocycles. The summed E-state index contributed by atoms with van der Waals surface area (Å²) in [7, 11) is 0. The van der Waals surface area contributed by atoms with Crippen LogP contribution >= 0.6 is 11.6 Å². The highest BCUT2D eigenvalue weighted by Gasteiger charge is 2.27. The first-order chi connectivity index (χ1) is 7.59. The Morgan fingerprint density at radius 1 is 1.38 bits per heavy atom. The molecule has 86 valence electrons. The molecular formula is C11H13ClN2O2. The van der Waals surface area contributed by atoms with Crippen LogP contribution in [0.5, 0.6) is 0 Å². The molecule has 0 aromatic carbocycles. The van der Waals surface area contributed by atoms with Gasteiger partial charge in [-0.1, -0.05) is 24.4 Å². The van der Waals surface area contributed by atoms with Crippen molar-refractivity contribution in [2.75, 3.05) is 0 Å². The Balaban J connectivity index is 2.52. The number of carboxylic acids is 1. The van der Waals surface area contributed by atoms with Crippen LogP contribution in [0.3, 0.4) is 0 Å². The van der Waals surface area contributed by atoms with Crippen molar-refractivity contribution in [2.45, 2.75) is 38.5 Å². The van der Waals surface area contributed by atoms with Gasteiger partial charge >= 0.3 is 5.97 Å². The van der Waals surface area contributed by atoms with Crippen molar-refractivity contribution in [3.63, 3.8) is 0 Å². The molecule has 0 bridgehead atoms. The van der Waals surface area contributed by atoms with Crippen LogP contribution in [-0.2, 0) is 0 Å². The molecule has 1 aliphatic carbocycles. The lowest BCUT2D eigenvalue weighted by Gasteiger charge is -2.13.